The molecule has 3 atom stereocenters. The van der Waals surface area contributed by atoms with Crippen LogP contribution >= 0.6 is 0 Å². The molecule has 5 amide bonds. The minimum absolute atomic E-state index is 0.0339. The van der Waals surface area contributed by atoms with Crippen LogP contribution in [0.3, 0.4) is 0 Å². The third-order valence-corrected chi connectivity index (χ3v) is 22.8. The van der Waals surface area contributed by atoms with Gasteiger partial charge in [0.15, 0.2) is 21.4 Å². The van der Waals surface area contributed by atoms with Crippen molar-refractivity contribution in [2.24, 2.45) is 5.92 Å². The van der Waals surface area contributed by atoms with E-state index < -0.39 is 62.3 Å². The first-order valence-corrected chi connectivity index (χ1v) is 41.2. The fourth-order valence-electron chi connectivity index (χ4n) is 13.7. The van der Waals surface area contributed by atoms with Crippen LogP contribution < -0.4 is 30.8 Å². The lowest BCUT2D eigenvalue weighted by atomic mass is 9.90. The van der Waals surface area contributed by atoms with Gasteiger partial charge in [-0.1, -0.05) is 134 Å². The summed E-state index contributed by atoms with van der Waals surface area (Å²) in [7, 11) is -7.20. The van der Waals surface area contributed by atoms with Crippen LogP contribution in [0.5, 0.6) is 5.75 Å². The Balaban J connectivity index is 0.000000944. The van der Waals surface area contributed by atoms with Crippen LogP contribution in [0, 0.1) is 5.92 Å². The Kier molecular flexibility index (Phi) is 28.7. The predicted molar refractivity (Wildman–Crippen MR) is 433 cm³/mol. The summed E-state index contributed by atoms with van der Waals surface area (Å²) in [5, 5.41) is 40.8. The molecule has 1 fully saturated rings. The van der Waals surface area contributed by atoms with Gasteiger partial charge in [-0.3, -0.25) is 33.6 Å². The quantitative estimate of drug-likeness (QED) is 0.0149. The van der Waals surface area contributed by atoms with Gasteiger partial charge in [0.2, 0.25) is 39.0 Å². The number of aromatic hydroxyl groups is 1. The average Bonchev–Trinajstić information content (AvgIpc) is 0.887. The summed E-state index contributed by atoms with van der Waals surface area (Å²) in [5.41, 5.74) is 7.78. The van der Waals surface area contributed by atoms with Crippen molar-refractivity contribution in [3.63, 3.8) is 0 Å². The lowest BCUT2D eigenvalue weighted by molar-refractivity contribution is -0.135. The molecule has 0 bridgehead atoms. The molecule has 2 aliphatic heterocycles. The van der Waals surface area contributed by atoms with Crippen LogP contribution in [0.15, 0.2) is 215 Å². The molecule has 25 nitrogen and oxygen atoms in total. The highest BCUT2D eigenvalue weighted by atomic mass is 32.2. The Bertz CT molecular complexity index is 5270. The van der Waals surface area contributed by atoms with Crippen LogP contribution in [0.2, 0.25) is 0 Å². The van der Waals surface area contributed by atoms with Gasteiger partial charge in [-0.15, -0.1) is 5.10 Å². The Labute approximate surface area is 659 Å². The van der Waals surface area contributed by atoms with Gasteiger partial charge < -0.3 is 45.3 Å². The van der Waals surface area contributed by atoms with Gasteiger partial charge in [0.1, 0.15) is 41.9 Å². The molecule has 3 heterocycles. The summed E-state index contributed by atoms with van der Waals surface area (Å²) in [5.74, 6) is -1.99. The van der Waals surface area contributed by atoms with Crippen molar-refractivity contribution in [2.45, 2.75) is 109 Å². The molecule has 27 heteroatoms. The molecule has 3 aliphatic rings. The number of sulfone groups is 1. The molecule has 0 spiro atoms. The summed E-state index contributed by atoms with van der Waals surface area (Å²) in [4.78, 5) is 99.9. The molecule has 592 valence electrons. The van der Waals surface area contributed by atoms with Gasteiger partial charge in [-0.2, -0.15) is 4.31 Å². The monoisotopic (exact) mass is 1570 g/mol. The summed E-state index contributed by atoms with van der Waals surface area (Å²) < 4.78 is 61.7. The van der Waals surface area contributed by atoms with Crippen molar-refractivity contribution >= 4 is 77.6 Å². The minimum Gasteiger partial charge on any atom is -0.508 e. The molecule has 8 aromatic rings. The average molecular weight is 1570 g/mol. The summed E-state index contributed by atoms with van der Waals surface area (Å²) in [6, 6.07) is 53.7. The molecule has 0 saturated carbocycles. The van der Waals surface area contributed by atoms with E-state index in [-0.39, 0.29) is 122 Å². The number of fused-ring (bicyclic) bond motifs is 2. The van der Waals surface area contributed by atoms with Crippen LogP contribution in [-0.4, -0.2) is 188 Å². The lowest BCUT2D eigenvalue weighted by Gasteiger charge is -2.35. The minimum atomic E-state index is -4.05. The number of amides is 5. The number of carbonyl (C=O) groups excluding carboxylic acids is 7. The zero-order valence-corrected chi connectivity index (χ0v) is 66.5. The predicted octanol–water partition coefficient (Wildman–Crippen LogP) is 9.40. The number of nitrogens with zero attached hydrogens (tertiary/aromatic N) is 8. The highest BCUT2D eigenvalue weighted by molar-refractivity contribution is 7.90. The molecule has 1 aromatic heterocycles. The van der Waals surface area contributed by atoms with Gasteiger partial charge in [0.25, 0.3) is 5.91 Å². The molecular formula is C86H98N11O14S2+. The number of phenols is 1. The highest BCUT2D eigenvalue weighted by Gasteiger charge is 2.34. The number of Topliss-reactive ketones (excluding diaryl/α,β-unsaturated/α-hetero) is 1. The molecule has 1 saturated heterocycles. The Morgan fingerprint density at radius 3 is 1.88 bits per heavy atom. The van der Waals surface area contributed by atoms with E-state index in [2.05, 4.69) is 99.8 Å². The number of hydrogen-bond acceptors (Lipinski definition) is 17. The van der Waals surface area contributed by atoms with Gasteiger partial charge in [0, 0.05) is 134 Å². The number of benzene rings is 8. The number of ketones is 2. The van der Waals surface area contributed by atoms with E-state index >= 15 is 0 Å². The van der Waals surface area contributed by atoms with Crippen molar-refractivity contribution in [2.75, 3.05) is 83.1 Å². The highest BCUT2D eigenvalue weighted by Crippen LogP contribution is 2.43. The number of nitrogens with one attached hydrogen (secondary N) is 3. The summed E-state index contributed by atoms with van der Waals surface area (Å²) in [6.45, 7) is 17.1. The Morgan fingerprint density at radius 2 is 1.24 bits per heavy atom. The zero-order valence-electron chi connectivity index (χ0n) is 64.9. The second-order valence-electron chi connectivity index (χ2n) is 28.2. The second-order valence-corrected chi connectivity index (χ2v) is 32.1. The molecule has 7 aromatic carbocycles. The van der Waals surface area contributed by atoms with Crippen LogP contribution in [0.25, 0.3) is 33.4 Å². The molecule has 0 radical (unpaired) electrons. The van der Waals surface area contributed by atoms with E-state index in [4.69, 9.17) is 4.42 Å². The van der Waals surface area contributed by atoms with Crippen molar-refractivity contribution in [1.82, 2.24) is 49.6 Å². The number of aliphatic hydroxyl groups is 1. The van der Waals surface area contributed by atoms with E-state index in [1.54, 1.807) is 88.7 Å². The fraction of sp³-hybridized carbons (Fsp3) is 0.326. The van der Waals surface area contributed by atoms with E-state index in [1.807, 2.05) is 44.2 Å². The molecule has 5 N–H and O–H groups in total. The second kappa shape index (κ2) is 38.6. The topological polar surface area (TPSA) is 324 Å². The zero-order chi connectivity index (χ0) is 81.1. The van der Waals surface area contributed by atoms with E-state index in [0.29, 0.717) is 44.7 Å². The number of piperazine rings is 1. The van der Waals surface area contributed by atoms with E-state index in [0.717, 1.165) is 65.6 Å². The van der Waals surface area contributed by atoms with Gasteiger partial charge in [-0.25, -0.2) is 26.1 Å². The van der Waals surface area contributed by atoms with Crippen LogP contribution in [-0.2, 0) is 58.4 Å². The standard InChI is InChI=1S/C77H87N11O11S.C9H10O3S/c1-7-83(8-2)58-31-35-64-69(45-58)99-70-46-59(84(9-3)10-4)32-36-65(70)74(64)62-23-17-18-24-63(62)77(96)86-41-39-85(40-42-86)73(93)38-37-71(91)78-48-72(92)80-66(43-53-25-29-56(30-26-53)75(94)55-19-13-11-14-20-55)76(95)79-47-57-50-88(82-81-57)67(44-54-27-33-60(89)34-28-54)68(90)51-87(49-52(5)6)100(97,98)61-21-15-12-16-22-61;1-7(10)8-3-5-9(6-4-8)13(2,11)12/h11-36,45-46,50,52,66-68,90H,7-10,37-44,47-49,51H2,1-6H3,(H3-,78,79,80,89,91,92,95);3-6H,1-2H3/p+1/t66-,67-,68?;/m0./s1. The number of rotatable bonds is 32. The molecule has 11 rings (SSSR count). The van der Waals surface area contributed by atoms with Gasteiger partial charge in [-0.05, 0) is 124 Å². The first-order valence-electron chi connectivity index (χ1n) is 37.9. The third kappa shape index (κ3) is 21.8. The SMILES string of the molecule is CC(=O)c1ccc(S(C)(=O)=O)cc1.CCN(CC)c1ccc2c(-c3ccccc3C(=O)N3CCN(C(=O)CCC(=O)NCC(=O)N[C@@H](Cc4ccc(C(=O)c5ccccc5)cc4)C(=O)NCc4cn([C@@H](Cc5ccc(O)cc5)C(O)CN(CC(C)C)S(=O)(=O)c5ccccc5)nn4)CC3)c3ccc(=[N+](CC)CC)cc-3oc2c1. The maximum atomic E-state index is 14.7. The van der Waals surface area contributed by atoms with Crippen molar-refractivity contribution < 1.29 is 65.0 Å². The number of carbonyl (C=O) groups is 7. The van der Waals surface area contributed by atoms with Gasteiger partial charge in [0.05, 0.1) is 47.3 Å². The number of phenolic OH excluding ortho intramolecular Hbond substituents is 1. The third-order valence-electron chi connectivity index (χ3n) is 19.8. The Morgan fingerprint density at radius 1 is 0.628 bits per heavy atom. The smallest absolute Gasteiger partial charge is 0.254 e. The van der Waals surface area contributed by atoms with Crippen LogP contribution in [0.4, 0.5) is 5.69 Å². The summed E-state index contributed by atoms with van der Waals surface area (Å²) >= 11 is 0. The molecule has 113 heavy (non-hydrogen) atoms. The largest absolute Gasteiger partial charge is 0.508 e. The maximum absolute atomic E-state index is 14.7. The van der Waals surface area contributed by atoms with Gasteiger partial charge >= 0.3 is 0 Å². The van der Waals surface area contributed by atoms with E-state index in [1.165, 1.54) is 70.6 Å². The molecule has 1 unspecified atom stereocenters. The number of sulfonamides is 1. The number of anilines is 1. The number of aliphatic hydroxyl groups excluding tert-OH is 1. The Hall–Kier alpha value is -11.5. The normalized spacial score (nSPS) is 13.2. The summed E-state index contributed by atoms with van der Waals surface area (Å²) in [6.07, 6.45) is 1.06. The first-order chi connectivity index (χ1) is 54.2. The molecular weight excluding hydrogens is 1480 g/mol. The maximum Gasteiger partial charge on any atom is 0.254 e. The fourth-order valence-corrected chi connectivity index (χ4v) is 15.9. The van der Waals surface area contributed by atoms with Crippen molar-refractivity contribution in [3.8, 4) is 28.2 Å². The van der Waals surface area contributed by atoms with Crippen molar-refractivity contribution in [3.05, 3.63) is 245 Å². The number of hydrogen-bond donors (Lipinski definition) is 5. The van der Waals surface area contributed by atoms with E-state index in [9.17, 15) is 60.6 Å². The van der Waals surface area contributed by atoms with Crippen molar-refractivity contribution in [1.29, 1.82) is 0 Å². The number of aromatic nitrogens is 3. The van der Waals surface area contributed by atoms with Crippen LogP contribution in [0.1, 0.15) is 121 Å². The lowest BCUT2D eigenvalue weighted by Crippen LogP contribution is -2.51. The molecule has 1 aliphatic carbocycles. The first kappa shape index (κ1) is 83.9.